The molecule has 0 aliphatic carbocycles. The first kappa shape index (κ1) is 20.6. The molecule has 8 heteroatoms. The highest BCUT2D eigenvalue weighted by molar-refractivity contribution is 7.90. The van der Waals surface area contributed by atoms with Crippen LogP contribution in [0.25, 0.3) is 0 Å². The Hall–Kier alpha value is -3.65. The van der Waals surface area contributed by atoms with Gasteiger partial charge in [-0.2, -0.15) is 0 Å². The molecule has 3 aromatic carbocycles. The molecule has 0 fully saturated rings. The van der Waals surface area contributed by atoms with Crippen LogP contribution in [0.15, 0.2) is 83.8 Å². The maximum atomic E-state index is 13.3. The Bertz CT molecular complexity index is 1230. The normalized spacial score (nSPS) is 14.8. The molecule has 158 valence electrons. The summed E-state index contributed by atoms with van der Waals surface area (Å²) in [5.74, 6) is -0.393. The number of carbonyl (C=O) groups is 2. The van der Waals surface area contributed by atoms with Crippen LogP contribution in [0, 0.1) is 0 Å². The van der Waals surface area contributed by atoms with E-state index >= 15 is 0 Å². The standard InChI is InChI=1S/C23H21N3O4S/c1-25-20-13-12-19(22(27)24-15-17-8-4-2-5-9-17)14-21(20)31(29,30)26(23(25)28)16-18-10-6-3-7-11-18/h2-14H,15-16H2,1H3,(H,24,27). The zero-order valence-electron chi connectivity index (χ0n) is 16.9. The fourth-order valence-corrected chi connectivity index (χ4v) is 5.04. The van der Waals surface area contributed by atoms with Gasteiger partial charge in [0.2, 0.25) is 0 Å². The van der Waals surface area contributed by atoms with Crippen LogP contribution in [0.5, 0.6) is 0 Å². The van der Waals surface area contributed by atoms with Crippen molar-refractivity contribution in [2.45, 2.75) is 18.0 Å². The van der Waals surface area contributed by atoms with Crippen LogP contribution in [-0.2, 0) is 23.1 Å². The minimum Gasteiger partial charge on any atom is -0.348 e. The van der Waals surface area contributed by atoms with Gasteiger partial charge in [0.15, 0.2) is 0 Å². The van der Waals surface area contributed by atoms with Gasteiger partial charge in [-0.3, -0.25) is 9.69 Å². The van der Waals surface area contributed by atoms with Gasteiger partial charge in [0.25, 0.3) is 15.9 Å². The van der Waals surface area contributed by atoms with Gasteiger partial charge < -0.3 is 5.32 Å². The molecule has 1 heterocycles. The van der Waals surface area contributed by atoms with Gasteiger partial charge in [-0.15, -0.1) is 0 Å². The van der Waals surface area contributed by atoms with E-state index in [0.717, 1.165) is 9.87 Å². The van der Waals surface area contributed by atoms with Crippen molar-refractivity contribution in [3.8, 4) is 0 Å². The highest BCUT2D eigenvalue weighted by Gasteiger charge is 2.40. The summed E-state index contributed by atoms with van der Waals surface area (Å²) in [5, 5.41) is 2.79. The zero-order chi connectivity index (χ0) is 22.0. The molecular weight excluding hydrogens is 414 g/mol. The van der Waals surface area contributed by atoms with Crippen molar-refractivity contribution in [1.29, 1.82) is 0 Å². The van der Waals surface area contributed by atoms with Gasteiger partial charge in [-0.1, -0.05) is 60.7 Å². The number of urea groups is 1. The number of hydrogen-bond donors (Lipinski definition) is 1. The summed E-state index contributed by atoms with van der Waals surface area (Å²) in [5.41, 5.74) is 2.07. The van der Waals surface area contributed by atoms with Gasteiger partial charge >= 0.3 is 6.03 Å². The summed E-state index contributed by atoms with van der Waals surface area (Å²) in [4.78, 5) is 26.6. The molecule has 0 radical (unpaired) electrons. The van der Waals surface area contributed by atoms with Crippen molar-refractivity contribution in [2.24, 2.45) is 0 Å². The van der Waals surface area contributed by atoms with Crippen LogP contribution in [-0.4, -0.2) is 31.7 Å². The summed E-state index contributed by atoms with van der Waals surface area (Å²) in [6.07, 6.45) is 0. The van der Waals surface area contributed by atoms with Gasteiger partial charge in [-0.05, 0) is 29.3 Å². The monoisotopic (exact) mass is 435 g/mol. The second-order valence-electron chi connectivity index (χ2n) is 7.19. The molecule has 7 nitrogen and oxygen atoms in total. The molecule has 0 saturated carbocycles. The lowest BCUT2D eigenvalue weighted by Gasteiger charge is -2.34. The third-order valence-corrected chi connectivity index (χ3v) is 6.86. The number of nitrogens with zero attached hydrogens (tertiary/aromatic N) is 2. The Morgan fingerprint density at radius 3 is 2.16 bits per heavy atom. The average molecular weight is 436 g/mol. The van der Waals surface area contributed by atoms with E-state index in [4.69, 9.17) is 0 Å². The second kappa shape index (κ2) is 8.23. The Morgan fingerprint density at radius 2 is 1.52 bits per heavy atom. The van der Waals surface area contributed by atoms with E-state index < -0.39 is 22.0 Å². The predicted molar refractivity (Wildman–Crippen MR) is 117 cm³/mol. The molecule has 0 aromatic heterocycles. The quantitative estimate of drug-likeness (QED) is 0.666. The molecule has 0 saturated heterocycles. The highest BCUT2D eigenvalue weighted by atomic mass is 32.2. The molecular formula is C23H21N3O4S. The molecule has 0 bridgehead atoms. The van der Waals surface area contributed by atoms with Crippen molar-refractivity contribution in [2.75, 3.05) is 11.9 Å². The van der Waals surface area contributed by atoms with Crippen LogP contribution in [0.2, 0.25) is 0 Å². The Kier molecular flexibility index (Phi) is 5.48. The fraction of sp³-hybridized carbons (Fsp3) is 0.130. The lowest BCUT2D eigenvalue weighted by atomic mass is 10.1. The second-order valence-corrected chi connectivity index (χ2v) is 9.02. The molecule has 3 amide bonds. The molecule has 0 unspecified atom stereocenters. The summed E-state index contributed by atoms with van der Waals surface area (Å²) >= 11 is 0. The lowest BCUT2D eigenvalue weighted by molar-refractivity contribution is 0.0950. The molecule has 0 spiro atoms. The Labute approximate surface area is 181 Å². The molecule has 1 N–H and O–H groups in total. The fourth-order valence-electron chi connectivity index (χ4n) is 3.41. The summed E-state index contributed by atoms with van der Waals surface area (Å²) < 4.78 is 27.4. The maximum absolute atomic E-state index is 13.3. The summed E-state index contributed by atoms with van der Waals surface area (Å²) in [7, 11) is -2.61. The average Bonchev–Trinajstić information content (AvgIpc) is 2.80. The largest absolute Gasteiger partial charge is 0.348 e. The van der Waals surface area contributed by atoms with E-state index in [0.29, 0.717) is 12.1 Å². The number of benzene rings is 3. The van der Waals surface area contributed by atoms with E-state index in [-0.39, 0.29) is 22.7 Å². The topological polar surface area (TPSA) is 86.8 Å². The number of fused-ring (bicyclic) bond motifs is 1. The number of rotatable bonds is 5. The number of sulfonamides is 1. The first-order chi connectivity index (χ1) is 14.9. The van der Waals surface area contributed by atoms with Crippen LogP contribution < -0.4 is 10.2 Å². The maximum Gasteiger partial charge on any atom is 0.338 e. The predicted octanol–water partition coefficient (Wildman–Crippen LogP) is 3.38. The van der Waals surface area contributed by atoms with Crippen molar-refractivity contribution in [1.82, 2.24) is 9.62 Å². The van der Waals surface area contributed by atoms with Crippen LogP contribution in [0.3, 0.4) is 0 Å². The molecule has 0 atom stereocenters. The number of carbonyl (C=O) groups excluding carboxylic acids is 2. The van der Waals surface area contributed by atoms with Crippen LogP contribution >= 0.6 is 0 Å². The summed E-state index contributed by atoms with van der Waals surface area (Å²) in [6.45, 7) is 0.234. The first-order valence-corrected chi connectivity index (χ1v) is 11.1. The molecule has 1 aliphatic heterocycles. The van der Waals surface area contributed by atoms with Gasteiger partial charge in [0.05, 0.1) is 12.2 Å². The number of anilines is 1. The first-order valence-electron chi connectivity index (χ1n) is 9.68. The highest BCUT2D eigenvalue weighted by Crippen LogP contribution is 2.35. The van der Waals surface area contributed by atoms with Gasteiger partial charge in [0.1, 0.15) is 4.90 Å². The zero-order valence-corrected chi connectivity index (χ0v) is 17.7. The van der Waals surface area contributed by atoms with Crippen molar-refractivity contribution < 1.29 is 18.0 Å². The Morgan fingerprint density at radius 1 is 0.903 bits per heavy atom. The van der Waals surface area contributed by atoms with Crippen LogP contribution in [0.1, 0.15) is 21.5 Å². The summed E-state index contributed by atoms with van der Waals surface area (Å²) in [6, 6.07) is 22.0. The number of hydrogen-bond acceptors (Lipinski definition) is 4. The van der Waals surface area contributed by atoms with E-state index in [1.54, 1.807) is 24.3 Å². The molecule has 31 heavy (non-hydrogen) atoms. The van der Waals surface area contributed by atoms with Crippen molar-refractivity contribution in [3.05, 3.63) is 95.6 Å². The SMILES string of the molecule is CN1C(=O)N(Cc2ccccc2)S(=O)(=O)c2cc(C(=O)NCc3ccccc3)ccc21. The number of nitrogens with one attached hydrogen (secondary N) is 1. The van der Waals surface area contributed by atoms with Gasteiger partial charge in [0, 0.05) is 19.2 Å². The van der Waals surface area contributed by atoms with Crippen molar-refractivity contribution >= 4 is 27.6 Å². The lowest BCUT2D eigenvalue weighted by Crippen LogP contribution is -2.48. The third-order valence-electron chi connectivity index (χ3n) is 5.12. The molecule has 3 aromatic rings. The molecule has 4 rings (SSSR count). The minimum atomic E-state index is -4.12. The van der Waals surface area contributed by atoms with E-state index in [1.807, 2.05) is 36.4 Å². The Balaban J connectivity index is 1.63. The van der Waals surface area contributed by atoms with E-state index in [1.165, 1.54) is 30.1 Å². The number of amides is 3. The van der Waals surface area contributed by atoms with E-state index in [9.17, 15) is 18.0 Å². The van der Waals surface area contributed by atoms with Crippen molar-refractivity contribution in [3.63, 3.8) is 0 Å². The molecule has 1 aliphatic rings. The minimum absolute atomic E-state index is 0.0714. The van der Waals surface area contributed by atoms with E-state index in [2.05, 4.69) is 5.32 Å². The third kappa shape index (κ3) is 4.02. The smallest absolute Gasteiger partial charge is 0.338 e. The van der Waals surface area contributed by atoms with Crippen LogP contribution in [0.4, 0.5) is 10.5 Å². The van der Waals surface area contributed by atoms with Gasteiger partial charge in [-0.25, -0.2) is 17.5 Å².